The predicted octanol–water partition coefficient (Wildman–Crippen LogP) is 3.57. The maximum absolute atomic E-state index is 4.53. The molecule has 0 fully saturated rings. The normalized spacial score (nSPS) is 11.3. The van der Waals surface area contributed by atoms with Crippen molar-refractivity contribution in [3.05, 3.63) is 78.6 Å². The molecule has 0 radical (unpaired) electrons. The first-order valence-corrected chi connectivity index (χ1v) is 8.68. The highest BCUT2D eigenvalue weighted by Crippen LogP contribution is 2.25. The lowest BCUT2D eigenvalue weighted by atomic mass is 10.2. The maximum atomic E-state index is 4.53. The van der Waals surface area contributed by atoms with Crippen LogP contribution in [0.15, 0.2) is 67.5 Å². The Labute approximate surface area is 155 Å². The van der Waals surface area contributed by atoms with Gasteiger partial charge in [-0.25, -0.2) is 9.50 Å². The Kier molecular flexibility index (Phi) is 3.57. The lowest BCUT2D eigenvalue weighted by Gasteiger charge is -2.09. The minimum absolute atomic E-state index is 0.694. The van der Waals surface area contributed by atoms with Gasteiger partial charge in [-0.05, 0) is 48.4 Å². The third-order valence-corrected chi connectivity index (χ3v) is 4.62. The van der Waals surface area contributed by atoms with Crippen LogP contribution >= 0.6 is 0 Å². The number of hydrogen-bond acceptors (Lipinski definition) is 5. The van der Waals surface area contributed by atoms with E-state index in [2.05, 4.69) is 50.6 Å². The van der Waals surface area contributed by atoms with Gasteiger partial charge >= 0.3 is 0 Å². The number of pyridine rings is 1. The predicted molar refractivity (Wildman–Crippen MR) is 104 cm³/mol. The standard InChI is InChI=1S/C20H17N7/c1-14-6-8-26-19(14)20(22-13-24-26)25-17-4-5-18-16(9-17)11-23-27(18)12-15-3-2-7-21-10-15/h2-11,13H,12H2,1H3,(H,22,24,25). The summed E-state index contributed by atoms with van der Waals surface area (Å²) in [6.45, 7) is 2.75. The van der Waals surface area contributed by atoms with E-state index in [-0.39, 0.29) is 0 Å². The van der Waals surface area contributed by atoms with Gasteiger partial charge in [-0.1, -0.05) is 6.07 Å². The number of nitrogens with zero attached hydrogens (tertiary/aromatic N) is 6. The molecule has 0 saturated carbocycles. The molecule has 4 aromatic heterocycles. The zero-order valence-electron chi connectivity index (χ0n) is 14.7. The molecule has 1 N–H and O–H groups in total. The van der Waals surface area contributed by atoms with Gasteiger partial charge in [0.1, 0.15) is 11.8 Å². The van der Waals surface area contributed by atoms with Gasteiger partial charge in [0, 0.05) is 29.7 Å². The fraction of sp³-hybridized carbons (Fsp3) is 0.100. The van der Waals surface area contributed by atoms with Crippen molar-refractivity contribution in [2.75, 3.05) is 5.32 Å². The van der Waals surface area contributed by atoms with Crippen LogP contribution in [-0.4, -0.2) is 29.4 Å². The molecule has 0 aliphatic rings. The van der Waals surface area contributed by atoms with Crippen LogP contribution in [0.2, 0.25) is 0 Å². The van der Waals surface area contributed by atoms with Gasteiger partial charge in [0.25, 0.3) is 0 Å². The molecule has 7 heteroatoms. The van der Waals surface area contributed by atoms with Gasteiger partial charge in [0.15, 0.2) is 5.82 Å². The summed E-state index contributed by atoms with van der Waals surface area (Å²) in [5.41, 5.74) is 5.27. The lowest BCUT2D eigenvalue weighted by Crippen LogP contribution is -2.02. The number of aryl methyl sites for hydroxylation is 1. The number of anilines is 2. The van der Waals surface area contributed by atoms with Crippen LogP contribution in [0.1, 0.15) is 11.1 Å². The Hall–Kier alpha value is -3.74. The Bertz CT molecular complexity index is 1240. The van der Waals surface area contributed by atoms with Crippen molar-refractivity contribution in [3.8, 4) is 0 Å². The van der Waals surface area contributed by atoms with E-state index >= 15 is 0 Å². The molecule has 1 aromatic carbocycles. The maximum Gasteiger partial charge on any atom is 0.158 e. The van der Waals surface area contributed by atoms with Crippen LogP contribution in [0.3, 0.4) is 0 Å². The van der Waals surface area contributed by atoms with E-state index < -0.39 is 0 Å². The summed E-state index contributed by atoms with van der Waals surface area (Å²) in [5.74, 6) is 0.787. The van der Waals surface area contributed by atoms with Gasteiger partial charge in [0.05, 0.1) is 18.3 Å². The number of nitrogens with one attached hydrogen (secondary N) is 1. The fourth-order valence-corrected chi connectivity index (χ4v) is 3.29. The summed E-state index contributed by atoms with van der Waals surface area (Å²) in [6, 6.07) is 12.2. The first-order valence-electron chi connectivity index (χ1n) is 8.68. The van der Waals surface area contributed by atoms with E-state index in [9.17, 15) is 0 Å². The molecule has 0 spiro atoms. The van der Waals surface area contributed by atoms with E-state index in [1.165, 1.54) is 0 Å². The summed E-state index contributed by atoms with van der Waals surface area (Å²) in [6.07, 6.45) is 9.01. The largest absolute Gasteiger partial charge is 0.338 e. The van der Waals surface area contributed by atoms with Crippen molar-refractivity contribution in [1.29, 1.82) is 0 Å². The summed E-state index contributed by atoms with van der Waals surface area (Å²) in [5, 5.41) is 13.2. The Morgan fingerprint density at radius 1 is 1.07 bits per heavy atom. The van der Waals surface area contributed by atoms with Crippen LogP contribution in [0.5, 0.6) is 0 Å². The SMILES string of the molecule is Cc1ccn2ncnc(Nc3ccc4c(cnn4Cc4cccnc4)c3)c12. The molecule has 27 heavy (non-hydrogen) atoms. The van der Waals surface area contributed by atoms with E-state index in [4.69, 9.17) is 0 Å². The second kappa shape index (κ2) is 6.21. The highest BCUT2D eigenvalue weighted by atomic mass is 15.3. The molecule has 0 amide bonds. The average Bonchev–Trinajstić information content (AvgIpc) is 3.27. The molecule has 7 nitrogen and oxygen atoms in total. The monoisotopic (exact) mass is 355 g/mol. The molecule has 0 unspecified atom stereocenters. The molecule has 0 aliphatic heterocycles. The average molecular weight is 355 g/mol. The molecule has 4 heterocycles. The smallest absolute Gasteiger partial charge is 0.158 e. The summed E-state index contributed by atoms with van der Waals surface area (Å²) < 4.78 is 3.81. The minimum atomic E-state index is 0.694. The highest BCUT2D eigenvalue weighted by Gasteiger charge is 2.09. The first kappa shape index (κ1) is 15.5. The zero-order valence-corrected chi connectivity index (χ0v) is 14.7. The van der Waals surface area contributed by atoms with Crippen LogP contribution in [0, 0.1) is 6.92 Å². The van der Waals surface area contributed by atoms with E-state index in [1.54, 1.807) is 12.5 Å². The van der Waals surface area contributed by atoms with Crippen molar-refractivity contribution in [2.24, 2.45) is 0 Å². The quantitative estimate of drug-likeness (QED) is 0.533. The van der Waals surface area contributed by atoms with Gasteiger partial charge in [-0.2, -0.15) is 10.2 Å². The van der Waals surface area contributed by atoms with Crippen LogP contribution in [0.25, 0.3) is 16.4 Å². The molecular formula is C20H17N7. The Balaban J connectivity index is 1.48. The molecule has 0 saturated heterocycles. The number of fused-ring (bicyclic) bond motifs is 2. The van der Waals surface area contributed by atoms with E-state index in [0.29, 0.717) is 6.54 Å². The molecule has 0 atom stereocenters. The summed E-state index contributed by atoms with van der Waals surface area (Å²) in [7, 11) is 0. The van der Waals surface area contributed by atoms with Crippen molar-refractivity contribution < 1.29 is 0 Å². The Morgan fingerprint density at radius 3 is 2.93 bits per heavy atom. The molecule has 0 bridgehead atoms. The highest BCUT2D eigenvalue weighted by molar-refractivity contribution is 5.85. The lowest BCUT2D eigenvalue weighted by molar-refractivity contribution is 0.710. The summed E-state index contributed by atoms with van der Waals surface area (Å²) >= 11 is 0. The number of rotatable bonds is 4. The van der Waals surface area contributed by atoms with Crippen LogP contribution in [0.4, 0.5) is 11.5 Å². The fourth-order valence-electron chi connectivity index (χ4n) is 3.29. The molecule has 5 aromatic rings. The van der Waals surface area contributed by atoms with Gasteiger partial charge in [0.2, 0.25) is 0 Å². The minimum Gasteiger partial charge on any atom is -0.338 e. The van der Waals surface area contributed by atoms with Crippen molar-refractivity contribution in [1.82, 2.24) is 29.4 Å². The van der Waals surface area contributed by atoms with Crippen molar-refractivity contribution in [2.45, 2.75) is 13.5 Å². The summed E-state index contributed by atoms with van der Waals surface area (Å²) in [4.78, 5) is 8.57. The topological polar surface area (TPSA) is 72.9 Å². The van der Waals surface area contributed by atoms with Crippen LogP contribution < -0.4 is 5.32 Å². The van der Waals surface area contributed by atoms with Gasteiger partial charge in [-0.3, -0.25) is 9.67 Å². The van der Waals surface area contributed by atoms with E-state index in [0.717, 1.165) is 39.1 Å². The van der Waals surface area contributed by atoms with Gasteiger partial charge < -0.3 is 5.32 Å². The van der Waals surface area contributed by atoms with Crippen LogP contribution in [-0.2, 0) is 6.54 Å². The molecule has 0 aliphatic carbocycles. The molecule has 5 rings (SSSR count). The second-order valence-electron chi connectivity index (χ2n) is 6.46. The van der Waals surface area contributed by atoms with Gasteiger partial charge in [-0.15, -0.1) is 0 Å². The van der Waals surface area contributed by atoms with Crippen molar-refractivity contribution in [3.63, 3.8) is 0 Å². The number of aromatic nitrogens is 6. The number of hydrogen-bond donors (Lipinski definition) is 1. The van der Waals surface area contributed by atoms with Crippen molar-refractivity contribution >= 4 is 27.9 Å². The van der Waals surface area contributed by atoms with E-state index in [1.807, 2.05) is 46.0 Å². The second-order valence-corrected chi connectivity index (χ2v) is 6.46. The first-order chi connectivity index (χ1) is 13.3. The molecule has 132 valence electrons. The zero-order chi connectivity index (χ0) is 18.2. The number of benzene rings is 1. The molecular weight excluding hydrogens is 338 g/mol. The Morgan fingerprint density at radius 2 is 2.04 bits per heavy atom. The third-order valence-electron chi connectivity index (χ3n) is 4.62. The third kappa shape index (κ3) is 2.79.